The minimum atomic E-state index is -0.0326. The Bertz CT molecular complexity index is 780. The largest absolute Gasteiger partial charge is 0.326 e. The summed E-state index contributed by atoms with van der Waals surface area (Å²) in [6.45, 7) is 3.98. The van der Waals surface area contributed by atoms with Gasteiger partial charge in [0.2, 0.25) is 11.8 Å². The van der Waals surface area contributed by atoms with Crippen LogP contribution in [0.2, 0.25) is 0 Å². The molecule has 2 aromatic rings. The molecule has 2 amide bonds. The number of aryl methyl sites for hydroxylation is 2. The summed E-state index contributed by atoms with van der Waals surface area (Å²) in [6.07, 6.45) is 1.97. The van der Waals surface area contributed by atoms with E-state index in [-0.39, 0.29) is 17.7 Å². The third-order valence-corrected chi connectivity index (χ3v) is 5.16. The topological polar surface area (TPSA) is 58.2 Å². The Morgan fingerprint density at radius 3 is 2.40 bits per heavy atom. The van der Waals surface area contributed by atoms with Crippen LogP contribution >= 0.6 is 11.8 Å². The molecule has 1 fully saturated rings. The number of hydrogen-bond donors (Lipinski definition) is 2. The molecule has 0 heterocycles. The van der Waals surface area contributed by atoms with Crippen molar-refractivity contribution in [3.05, 3.63) is 53.6 Å². The molecular weight excluding hydrogens is 332 g/mol. The molecule has 0 saturated heterocycles. The highest BCUT2D eigenvalue weighted by molar-refractivity contribution is 8.00. The van der Waals surface area contributed by atoms with Crippen LogP contribution in [-0.2, 0) is 9.59 Å². The van der Waals surface area contributed by atoms with Crippen LogP contribution in [0.1, 0.15) is 24.0 Å². The van der Waals surface area contributed by atoms with E-state index in [1.165, 1.54) is 11.8 Å². The fourth-order valence-corrected chi connectivity index (χ4v) is 3.34. The lowest BCUT2D eigenvalue weighted by molar-refractivity contribution is -0.117. The summed E-state index contributed by atoms with van der Waals surface area (Å²) < 4.78 is 0. The third-order valence-electron chi connectivity index (χ3n) is 4.17. The van der Waals surface area contributed by atoms with Gasteiger partial charge in [0.15, 0.2) is 0 Å². The first-order valence-electron chi connectivity index (χ1n) is 8.43. The molecule has 4 nitrogen and oxygen atoms in total. The van der Waals surface area contributed by atoms with Gasteiger partial charge < -0.3 is 10.6 Å². The number of amides is 2. The Morgan fingerprint density at radius 1 is 1.04 bits per heavy atom. The van der Waals surface area contributed by atoms with Crippen LogP contribution in [0.4, 0.5) is 11.4 Å². The van der Waals surface area contributed by atoms with Gasteiger partial charge >= 0.3 is 0 Å². The Labute approximate surface area is 152 Å². The van der Waals surface area contributed by atoms with Gasteiger partial charge in [-0.05, 0) is 56.0 Å². The molecule has 0 bridgehead atoms. The van der Waals surface area contributed by atoms with Gasteiger partial charge in [0.25, 0.3) is 0 Å². The SMILES string of the molecule is Cc1cccc(C)c1NC(=O)CSc1cccc(NC(=O)C2CC2)c1. The predicted molar refractivity (Wildman–Crippen MR) is 103 cm³/mol. The van der Waals surface area contributed by atoms with Gasteiger partial charge in [-0.3, -0.25) is 9.59 Å². The number of carbonyl (C=O) groups excluding carboxylic acids is 2. The van der Waals surface area contributed by atoms with Crippen LogP contribution in [0.15, 0.2) is 47.4 Å². The molecule has 2 N–H and O–H groups in total. The summed E-state index contributed by atoms with van der Waals surface area (Å²) >= 11 is 1.46. The number of para-hydroxylation sites is 1. The summed E-state index contributed by atoms with van der Waals surface area (Å²) in [7, 11) is 0. The molecule has 1 aliphatic carbocycles. The molecule has 1 saturated carbocycles. The number of carbonyl (C=O) groups is 2. The van der Waals surface area contributed by atoms with Crippen molar-refractivity contribution in [3.63, 3.8) is 0 Å². The van der Waals surface area contributed by atoms with Crippen molar-refractivity contribution in [2.45, 2.75) is 31.6 Å². The number of hydrogen-bond acceptors (Lipinski definition) is 3. The Hall–Kier alpha value is -2.27. The Kier molecular flexibility index (Phi) is 5.43. The monoisotopic (exact) mass is 354 g/mol. The maximum Gasteiger partial charge on any atom is 0.234 e. The summed E-state index contributed by atoms with van der Waals surface area (Å²) in [5, 5.41) is 5.92. The molecule has 0 aromatic heterocycles. The molecule has 0 radical (unpaired) electrons. The third kappa shape index (κ3) is 4.86. The second-order valence-corrected chi connectivity index (χ2v) is 7.44. The van der Waals surface area contributed by atoms with E-state index in [0.717, 1.165) is 40.2 Å². The lowest BCUT2D eigenvalue weighted by Gasteiger charge is -2.11. The minimum absolute atomic E-state index is 0.0326. The maximum atomic E-state index is 12.2. The number of anilines is 2. The highest BCUT2D eigenvalue weighted by Crippen LogP contribution is 2.31. The number of rotatable bonds is 6. The van der Waals surface area contributed by atoms with Gasteiger partial charge in [0, 0.05) is 22.2 Å². The zero-order valence-electron chi connectivity index (χ0n) is 14.5. The van der Waals surface area contributed by atoms with Crippen LogP contribution in [-0.4, -0.2) is 17.6 Å². The average molecular weight is 354 g/mol. The fraction of sp³-hybridized carbons (Fsp3) is 0.300. The normalized spacial score (nSPS) is 13.4. The van der Waals surface area contributed by atoms with E-state index in [4.69, 9.17) is 0 Å². The van der Waals surface area contributed by atoms with Crippen LogP contribution in [0.25, 0.3) is 0 Å². The molecule has 3 rings (SSSR count). The lowest BCUT2D eigenvalue weighted by Crippen LogP contribution is -2.16. The summed E-state index contributed by atoms with van der Waals surface area (Å²) in [5.74, 6) is 0.567. The summed E-state index contributed by atoms with van der Waals surface area (Å²) in [5.41, 5.74) is 3.79. The van der Waals surface area contributed by atoms with E-state index in [1.807, 2.05) is 56.3 Å². The van der Waals surface area contributed by atoms with Crippen LogP contribution < -0.4 is 10.6 Å². The Balaban J connectivity index is 1.56. The molecule has 0 aliphatic heterocycles. The predicted octanol–water partition coefficient (Wildman–Crippen LogP) is 4.38. The van der Waals surface area contributed by atoms with Gasteiger partial charge in [-0.2, -0.15) is 0 Å². The summed E-state index contributed by atoms with van der Waals surface area (Å²) in [4.78, 5) is 25.0. The maximum absolute atomic E-state index is 12.2. The van der Waals surface area contributed by atoms with E-state index in [9.17, 15) is 9.59 Å². The van der Waals surface area contributed by atoms with E-state index < -0.39 is 0 Å². The molecular formula is C20H22N2O2S. The fourth-order valence-electron chi connectivity index (χ4n) is 2.59. The van der Waals surface area contributed by atoms with Crippen molar-refractivity contribution in [2.24, 2.45) is 5.92 Å². The quantitative estimate of drug-likeness (QED) is 0.757. The highest BCUT2D eigenvalue weighted by Gasteiger charge is 2.29. The molecule has 0 spiro atoms. The van der Waals surface area contributed by atoms with Gasteiger partial charge in [-0.15, -0.1) is 11.8 Å². The summed E-state index contributed by atoms with van der Waals surface area (Å²) in [6, 6.07) is 13.6. The zero-order valence-corrected chi connectivity index (χ0v) is 15.3. The standard InChI is InChI=1S/C20H22N2O2S/c1-13-5-3-6-14(2)19(13)22-18(23)12-25-17-8-4-7-16(11-17)21-20(24)15-9-10-15/h3-8,11,15H,9-10,12H2,1-2H3,(H,21,24)(H,22,23). The van der Waals surface area contributed by atoms with Crippen LogP contribution in [0.3, 0.4) is 0 Å². The number of benzene rings is 2. The second-order valence-electron chi connectivity index (χ2n) is 6.40. The van der Waals surface area contributed by atoms with Crippen LogP contribution in [0, 0.1) is 19.8 Å². The van der Waals surface area contributed by atoms with Gasteiger partial charge in [0.1, 0.15) is 0 Å². The van der Waals surface area contributed by atoms with Gasteiger partial charge in [-0.25, -0.2) is 0 Å². The van der Waals surface area contributed by atoms with Crippen molar-refractivity contribution < 1.29 is 9.59 Å². The minimum Gasteiger partial charge on any atom is -0.326 e. The first kappa shape index (κ1) is 17.5. The molecule has 1 aliphatic rings. The zero-order chi connectivity index (χ0) is 17.8. The number of thioether (sulfide) groups is 1. The molecule has 0 unspecified atom stereocenters. The van der Waals surface area contributed by atoms with Crippen molar-refractivity contribution in [1.82, 2.24) is 0 Å². The molecule has 0 atom stereocenters. The van der Waals surface area contributed by atoms with E-state index in [0.29, 0.717) is 5.75 Å². The smallest absolute Gasteiger partial charge is 0.234 e. The molecule has 25 heavy (non-hydrogen) atoms. The van der Waals surface area contributed by atoms with Gasteiger partial charge in [-0.1, -0.05) is 24.3 Å². The van der Waals surface area contributed by atoms with Crippen molar-refractivity contribution in [2.75, 3.05) is 16.4 Å². The molecule has 2 aromatic carbocycles. The van der Waals surface area contributed by atoms with Crippen molar-refractivity contribution >= 4 is 35.0 Å². The molecule has 130 valence electrons. The average Bonchev–Trinajstić information content (AvgIpc) is 3.42. The van der Waals surface area contributed by atoms with E-state index in [1.54, 1.807) is 0 Å². The first-order chi connectivity index (χ1) is 12.0. The number of nitrogens with one attached hydrogen (secondary N) is 2. The second kappa shape index (κ2) is 7.74. The Morgan fingerprint density at radius 2 is 1.72 bits per heavy atom. The highest BCUT2D eigenvalue weighted by atomic mass is 32.2. The van der Waals surface area contributed by atoms with E-state index >= 15 is 0 Å². The van der Waals surface area contributed by atoms with Crippen LogP contribution in [0.5, 0.6) is 0 Å². The van der Waals surface area contributed by atoms with Gasteiger partial charge in [0.05, 0.1) is 5.75 Å². The van der Waals surface area contributed by atoms with E-state index in [2.05, 4.69) is 10.6 Å². The van der Waals surface area contributed by atoms with Crippen molar-refractivity contribution in [1.29, 1.82) is 0 Å². The molecule has 5 heteroatoms. The first-order valence-corrected chi connectivity index (χ1v) is 9.41. The lowest BCUT2D eigenvalue weighted by atomic mass is 10.1. The van der Waals surface area contributed by atoms with Crippen molar-refractivity contribution in [3.8, 4) is 0 Å².